The number of amides is 1. The third kappa shape index (κ3) is 3.27. The summed E-state index contributed by atoms with van der Waals surface area (Å²) in [5.74, 6) is -0.286. The Hall–Kier alpha value is -2.54. The molecule has 0 saturated heterocycles. The zero-order valence-electron chi connectivity index (χ0n) is 10.3. The highest BCUT2D eigenvalue weighted by molar-refractivity contribution is 6.28. The minimum Gasteiger partial charge on any atom is -0.306 e. The maximum atomic E-state index is 12.0. The van der Waals surface area contributed by atoms with Crippen molar-refractivity contribution in [2.75, 3.05) is 5.32 Å². The van der Waals surface area contributed by atoms with Crippen LogP contribution in [0.2, 0.25) is 5.28 Å². The van der Waals surface area contributed by atoms with Gasteiger partial charge in [-0.3, -0.25) is 14.9 Å². The van der Waals surface area contributed by atoms with E-state index in [9.17, 15) is 14.9 Å². The first-order valence-electron chi connectivity index (χ1n) is 5.51. The first-order chi connectivity index (χ1) is 9.45. The van der Waals surface area contributed by atoms with E-state index in [2.05, 4.69) is 15.3 Å². The molecule has 0 bridgehead atoms. The monoisotopic (exact) mass is 292 g/mol. The maximum absolute atomic E-state index is 12.0. The summed E-state index contributed by atoms with van der Waals surface area (Å²) < 4.78 is 0. The Balaban J connectivity index is 2.27. The molecule has 1 heterocycles. The van der Waals surface area contributed by atoms with Crippen molar-refractivity contribution in [2.45, 2.75) is 6.92 Å². The molecular formula is C12H9ClN4O3. The van der Waals surface area contributed by atoms with Crippen LogP contribution in [-0.4, -0.2) is 20.8 Å². The normalized spacial score (nSPS) is 10.1. The van der Waals surface area contributed by atoms with Gasteiger partial charge in [-0.05, 0) is 36.2 Å². The average molecular weight is 293 g/mol. The maximum Gasteiger partial charge on any atom is 0.270 e. The Bertz CT molecular complexity index is 690. The number of nitro groups is 1. The summed E-state index contributed by atoms with van der Waals surface area (Å²) in [6, 6.07) is 5.60. The van der Waals surface area contributed by atoms with Crippen LogP contribution in [0.4, 0.5) is 11.5 Å². The minimum absolute atomic E-state index is 0.00183. The van der Waals surface area contributed by atoms with Crippen molar-refractivity contribution in [1.29, 1.82) is 0 Å². The lowest BCUT2D eigenvalue weighted by atomic mass is 10.1. The number of hydrogen-bond donors (Lipinski definition) is 1. The summed E-state index contributed by atoms with van der Waals surface area (Å²) in [6.45, 7) is 1.67. The zero-order chi connectivity index (χ0) is 14.7. The molecule has 2 aromatic rings. The van der Waals surface area contributed by atoms with Crippen molar-refractivity contribution in [3.8, 4) is 0 Å². The number of non-ortho nitro benzene ring substituents is 1. The Labute approximate surface area is 118 Å². The number of aryl methyl sites for hydroxylation is 1. The van der Waals surface area contributed by atoms with Crippen LogP contribution in [0.5, 0.6) is 0 Å². The highest BCUT2D eigenvalue weighted by Gasteiger charge is 2.14. The number of aromatic nitrogens is 2. The van der Waals surface area contributed by atoms with E-state index in [4.69, 9.17) is 11.6 Å². The molecule has 0 fully saturated rings. The Morgan fingerprint density at radius 3 is 2.80 bits per heavy atom. The molecule has 0 spiro atoms. The summed E-state index contributed by atoms with van der Waals surface area (Å²) >= 11 is 5.60. The smallest absolute Gasteiger partial charge is 0.270 e. The third-order valence-corrected chi connectivity index (χ3v) is 2.59. The van der Waals surface area contributed by atoms with Crippen LogP contribution in [0.25, 0.3) is 0 Å². The number of nitro benzene ring substituents is 1. The number of hydrogen-bond acceptors (Lipinski definition) is 5. The molecule has 0 radical (unpaired) electrons. The second kappa shape index (κ2) is 5.62. The number of anilines is 1. The van der Waals surface area contributed by atoms with Gasteiger partial charge in [0.05, 0.1) is 4.92 Å². The second-order valence-electron chi connectivity index (χ2n) is 3.98. The fourth-order valence-corrected chi connectivity index (χ4v) is 1.74. The Morgan fingerprint density at radius 1 is 1.40 bits per heavy atom. The second-order valence-corrected chi connectivity index (χ2v) is 4.32. The number of benzene rings is 1. The molecule has 2 rings (SSSR count). The minimum atomic E-state index is -0.550. The van der Waals surface area contributed by atoms with Gasteiger partial charge in [0.2, 0.25) is 5.28 Å². The predicted molar refractivity (Wildman–Crippen MR) is 72.8 cm³/mol. The molecule has 1 aromatic heterocycles. The highest BCUT2D eigenvalue weighted by atomic mass is 35.5. The third-order valence-electron chi connectivity index (χ3n) is 2.40. The molecule has 20 heavy (non-hydrogen) atoms. The van der Waals surface area contributed by atoms with E-state index in [1.165, 1.54) is 24.4 Å². The van der Waals surface area contributed by atoms with E-state index in [-0.39, 0.29) is 22.4 Å². The van der Waals surface area contributed by atoms with E-state index in [0.717, 1.165) is 0 Å². The fraction of sp³-hybridized carbons (Fsp3) is 0.0833. The molecule has 102 valence electrons. The number of carbonyl (C=O) groups is 1. The molecule has 0 saturated carbocycles. The molecule has 0 aliphatic carbocycles. The van der Waals surface area contributed by atoms with Gasteiger partial charge in [0.25, 0.3) is 11.6 Å². The zero-order valence-corrected chi connectivity index (χ0v) is 11.1. The SMILES string of the molecule is Cc1cc(C(=O)Nc2ccnc(Cl)n2)cc([N+](=O)[O-])c1. The molecule has 0 aliphatic heterocycles. The van der Waals surface area contributed by atoms with E-state index in [0.29, 0.717) is 5.56 Å². The topological polar surface area (TPSA) is 98.0 Å². The van der Waals surface area contributed by atoms with Crippen LogP contribution >= 0.6 is 11.6 Å². The Kier molecular flexibility index (Phi) is 3.90. The molecule has 0 atom stereocenters. The van der Waals surface area contributed by atoms with Gasteiger partial charge in [-0.1, -0.05) is 0 Å². The first kappa shape index (κ1) is 13.9. The van der Waals surface area contributed by atoms with Crippen LogP contribution in [0.1, 0.15) is 15.9 Å². The van der Waals surface area contributed by atoms with Crippen molar-refractivity contribution < 1.29 is 9.72 Å². The standard InChI is InChI=1S/C12H9ClN4O3/c1-7-4-8(6-9(5-7)17(19)20)11(18)15-10-2-3-14-12(13)16-10/h2-6H,1H3,(H,14,15,16,18). The first-order valence-corrected chi connectivity index (χ1v) is 5.89. The van der Waals surface area contributed by atoms with Crippen molar-refractivity contribution in [1.82, 2.24) is 9.97 Å². The van der Waals surface area contributed by atoms with Gasteiger partial charge in [-0.25, -0.2) is 9.97 Å². The van der Waals surface area contributed by atoms with Crippen molar-refractivity contribution >= 4 is 29.0 Å². The largest absolute Gasteiger partial charge is 0.306 e. The average Bonchev–Trinajstić information content (AvgIpc) is 2.37. The molecule has 8 heteroatoms. The van der Waals surface area contributed by atoms with E-state index in [1.54, 1.807) is 13.0 Å². The Morgan fingerprint density at radius 2 is 2.15 bits per heavy atom. The summed E-state index contributed by atoms with van der Waals surface area (Å²) in [5, 5.41) is 13.3. The van der Waals surface area contributed by atoms with Gasteiger partial charge in [0.15, 0.2) is 0 Å². The number of nitrogens with one attached hydrogen (secondary N) is 1. The molecule has 1 aromatic carbocycles. The van der Waals surface area contributed by atoms with Crippen LogP contribution in [-0.2, 0) is 0 Å². The van der Waals surface area contributed by atoms with E-state index in [1.807, 2.05) is 0 Å². The molecular weight excluding hydrogens is 284 g/mol. The van der Waals surface area contributed by atoms with Crippen LogP contribution in [0.15, 0.2) is 30.5 Å². The number of halogens is 1. The molecule has 1 amide bonds. The lowest BCUT2D eigenvalue weighted by molar-refractivity contribution is -0.384. The fourth-order valence-electron chi connectivity index (χ4n) is 1.59. The summed E-state index contributed by atoms with van der Waals surface area (Å²) in [4.78, 5) is 29.7. The molecule has 0 aliphatic rings. The van der Waals surface area contributed by atoms with Crippen molar-refractivity contribution in [2.24, 2.45) is 0 Å². The van der Waals surface area contributed by atoms with Crippen molar-refractivity contribution in [3.05, 3.63) is 57.0 Å². The van der Waals surface area contributed by atoms with E-state index >= 15 is 0 Å². The van der Waals surface area contributed by atoms with Crippen LogP contribution in [0.3, 0.4) is 0 Å². The summed E-state index contributed by atoms with van der Waals surface area (Å²) in [7, 11) is 0. The summed E-state index contributed by atoms with van der Waals surface area (Å²) in [5.41, 5.74) is 0.646. The molecule has 1 N–H and O–H groups in total. The summed E-state index contributed by atoms with van der Waals surface area (Å²) in [6.07, 6.45) is 1.39. The van der Waals surface area contributed by atoms with Gasteiger partial charge < -0.3 is 5.32 Å². The number of carbonyl (C=O) groups excluding carboxylic acids is 1. The van der Waals surface area contributed by atoms with Crippen LogP contribution < -0.4 is 5.32 Å². The van der Waals surface area contributed by atoms with E-state index < -0.39 is 10.8 Å². The van der Waals surface area contributed by atoms with Gasteiger partial charge in [-0.15, -0.1) is 0 Å². The van der Waals surface area contributed by atoms with Gasteiger partial charge in [0, 0.05) is 23.9 Å². The number of rotatable bonds is 3. The highest BCUT2D eigenvalue weighted by Crippen LogP contribution is 2.18. The van der Waals surface area contributed by atoms with Gasteiger partial charge in [-0.2, -0.15) is 0 Å². The quantitative estimate of drug-likeness (QED) is 0.532. The number of nitrogens with zero attached hydrogens (tertiary/aromatic N) is 3. The lowest BCUT2D eigenvalue weighted by Crippen LogP contribution is -2.13. The van der Waals surface area contributed by atoms with Crippen LogP contribution in [0, 0.1) is 17.0 Å². The lowest BCUT2D eigenvalue weighted by Gasteiger charge is -2.05. The molecule has 7 nitrogen and oxygen atoms in total. The predicted octanol–water partition coefficient (Wildman–Crippen LogP) is 2.60. The van der Waals surface area contributed by atoms with Crippen molar-refractivity contribution in [3.63, 3.8) is 0 Å². The van der Waals surface area contributed by atoms with Gasteiger partial charge in [0.1, 0.15) is 5.82 Å². The van der Waals surface area contributed by atoms with Gasteiger partial charge >= 0.3 is 0 Å². The molecule has 0 unspecified atom stereocenters.